The molecule has 0 bridgehead atoms. The molecule has 1 amide bonds. The fourth-order valence-corrected chi connectivity index (χ4v) is 1.98. The van der Waals surface area contributed by atoms with Gasteiger partial charge in [0.1, 0.15) is 11.5 Å². The van der Waals surface area contributed by atoms with Crippen molar-refractivity contribution in [2.45, 2.75) is 13.8 Å². The third-order valence-corrected chi connectivity index (χ3v) is 3.35. The molecule has 0 aliphatic carbocycles. The van der Waals surface area contributed by atoms with E-state index < -0.39 is 0 Å². The second kappa shape index (κ2) is 6.11. The predicted octanol–water partition coefficient (Wildman–Crippen LogP) is 3.97. The molecule has 0 aliphatic rings. The van der Waals surface area contributed by atoms with Gasteiger partial charge in [-0.25, -0.2) is 5.43 Å². The number of rotatable bonds is 3. The van der Waals surface area contributed by atoms with Crippen LogP contribution in [0.15, 0.2) is 33.8 Å². The summed E-state index contributed by atoms with van der Waals surface area (Å²) in [7, 11) is 0. The van der Waals surface area contributed by atoms with E-state index >= 15 is 0 Å². The lowest BCUT2D eigenvalue weighted by molar-refractivity contribution is 0.0953. The van der Waals surface area contributed by atoms with Crippen molar-refractivity contribution in [1.29, 1.82) is 0 Å². The first-order valence-corrected chi connectivity index (χ1v) is 6.58. The summed E-state index contributed by atoms with van der Waals surface area (Å²) < 4.78 is 5.28. The Balaban J connectivity index is 2.04. The summed E-state index contributed by atoms with van der Waals surface area (Å²) in [4.78, 5) is 11.9. The number of carbonyl (C=O) groups is 1. The van der Waals surface area contributed by atoms with E-state index in [1.165, 1.54) is 6.21 Å². The van der Waals surface area contributed by atoms with Crippen LogP contribution in [-0.2, 0) is 0 Å². The third kappa shape index (κ3) is 3.40. The number of hydrogen-bond acceptors (Lipinski definition) is 3. The molecule has 0 unspecified atom stereocenters. The van der Waals surface area contributed by atoms with Crippen LogP contribution in [0.1, 0.15) is 27.4 Å². The molecule has 6 heteroatoms. The predicted molar refractivity (Wildman–Crippen MR) is 79.7 cm³/mol. The van der Waals surface area contributed by atoms with Gasteiger partial charge in [0.25, 0.3) is 5.91 Å². The second-order valence-corrected chi connectivity index (χ2v) is 5.01. The highest BCUT2D eigenvalue weighted by Crippen LogP contribution is 2.21. The standard InChI is InChI=1S/C14H12Cl2N2O2/c1-8-5-11(9(2)20-8)14(19)18-17-7-10-3-4-12(15)13(16)6-10/h3-7H,1-2H3,(H,18,19)/b17-7+. The summed E-state index contributed by atoms with van der Waals surface area (Å²) in [6.07, 6.45) is 1.49. The smallest absolute Gasteiger partial charge is 0.274 e. The molecule has 0 saturated heterocycles. The van der Waals surface area contributed by atoms with E-state index in [9.17, 15) is 4.79 Å². The van der Waals surface area contributed by atoms with Crippen molar-refractivity contribution in [2.75, 3.05) is 0 Å². The first kappa shape index (κ1) is 14.6. The maximum absolute atomic E-state index is 11.9. The quantitative estimate of drug-likeness (QED) is 0.689. The number of benzene rings is 1. The van der Waals surface area contributed by atoms with E-state index in [1.807, 2.05) is 0 Å². The molecule has 2 aromatic rings. The minimum atomic E-state index is -0.323. The van der Waals surface area contributed by atoms with Crippen LogP contribution >= 0.6 is 23.2 Å². The van der Waals surface area contributed by atoms with Gasteiger partial charge in [-0.05, 0) is 37.6 Å². The van der Waals surface area contributed by atoms with Crippen LogP contribution in [-0.4, -0.2) is 12.1 Å². The van der Waals surface area contributed by atoms with Gasteiger partial charge in [0.2, 0.25) is 0 Å². The first-order chi connectivity index (χ1) is 9.47. The minimum absolute atomic E-state index is 0.323. The average Bonchev–Trinajstić information content (AvgIpc) is 2.73. The van der Waals surface area contributed by atoms with E-state index in [0.29, 0.717) is 27.1 Å². The summed E-state index contributed by atoms with van der Waals surface area (Å²) >= 11 is 11.7. The second-order valence-electron chi connectivity index (χ2n) is 4.20. The maximum Gasteiger partial charge on any atom is 0.274 e. The molecule has 1 aromatic heterocycles. The summed E-state index contributed by atoms with van der Waals surface area (Å²) in [6.45, 7) is 3.51. The Morgan fingerprint density at radius 3 is 2.60 bits per heavy atom. The van der Waals surface area contributed by atoms with Gasteiger partial charge < -0.3 is 4.42 Å². The van der Waals surface area contributed by atoms with E-state index in [0.717, 1.165) is 5.56 Å². The number of amides is 1. The lowest BCUT2D eigenvalue weighted by atomic mass is 10.2. The molecule has 1 heterocycles. The SMILES string of the molecule is Cc1cc(C(=O)N/N=C/c2ccc(Cl)c(Cl)c2)c(C)o1. The van der Waals surface area contributed by atoms with Gasteiger partial charge in [-0.2, -0.15) is 5.10 Å². The summed E-state index contributed by atoms with van der Waals surface area (Å²) in [6, 6.07) is 6.74. The van der Waals surface area contributed by atoms with E-state index in [4.69, 9.17) is 27.6 Å². The number of nitrogens with zero attached hydrogens (tertiary/aromatic N) is 1. The molecule has 0 spiro atoms. The molecule has 0 saturated carbocycles. The molecule has 104 valence electrons. The number of carbonyl (C=O) groups excluding carboxylic acids is 1. The Morgan fingerprint density at radius 1 is 1.25 bits per heavy atom. The average molecular weight is 311 g/mol. The highest BCUT2D eigenvalue weighted by Gasteiger charge is 2.12. The molecule has 20 heavy (non-hydrogen) atoms. The Bertz CT molecular complexity index is 678. The van der Waals surface area contributed by atoms with Crippen LogP contribution in [0.2, 0.25) is 10.0 Å². The van der Waals surface area contributed by atoms with Crippen LogP contribution in [0.5, 0.6) is 0 Å². The highest BCUT2D eigenvalue weighted by molar-refractivity contribution is 6.42. The lowest BCUT2D eigenvalue weighted by Gasteiger charge is -1.99. The Morgan fingerprint density at radius 2 is 2.00 bits per heavy atom. The van der Waals surface area contributed by atoms with Crippen molar-refractivity contribution in [1.82, 2.24) is 5.43 Å². The number of nitrogens with one attached hydrogen (secondary N) is 1. The molecule has 0 radical (unpaired) electrons. The molecule has 1 aromatic carbocycles. The van der Waals surface area contributed by atoms with Gasteiger partial charge in [-0.15, -0.1) is 0 Å². The van der Waals surface area contributed by atoms with Crippen molar-refractivity contribution in [3.8, 4) is 0 Å². The number of hydrazone groups is 1. The van der Waals surface area contributed by atoms with Crippen molar-refractivity contribution in [3.05, 3.63) is 57.0 Å². The number of furan rings is 1. The van der Waals surface area contributed by atoms with Gasteiger partial charge >= 0.3 is 0 Å². The Kier molecular flexibility index (Phi) is 4.47. The molecule has 0 atom stereocenters. The summed E-state index contributed by atoms with van der Waals surface area (Å²) in [5, 5.41) is 4.77. The summed E-state index contributed by atoms with van der Waals surface area (Å²) in [5.41, 5.74) is 3.63. The van der Waals surface area contributed by atoms with Crippen LogP contribution in [0.4, 0.5) is 0 Å². The molecule has 0 aliphatic heterocycles. The van der Waals surface area contributed by atoms with Gasteiger partial charge in [0.05, 0.1) is 21.8 Å². The number of hydrogen-bond donors (Lipinski definition) is 1. The number of aryl methyl sites for hydroxylation is 2. The molecular formula is C14H12Cl2N2O2. The fourth-order valence-electron chi connectivity index (χ4n) is 1.67. The zero-order valence-corrected chi connectivity index (χ0v) is 12.4. The van der Waals surface area contributed by atoms with Gasteiger partial charge in [-0.3, -0.25) is 4.79 Å². The largest absolute Gasteiger partial charge is 0.466 e. The lowest BCUT2D eigenvalue weighted by Crippen LogP contribution is -2.17. The topological polar surface area (TPSA) is 54.6 Å². The van der Waals surface area contributed by atoms with Crippen molar-refractivity contribution >= 4 is 35.3 Å². The van der Waals surface area contributed by atoms with Crippen LogP contribution in [0, 0.1) is 13.8 Å². The monoisotopic (exact) mass is 310 g/mol. The normalized spacial score (nSPS) is 11.0. The van der Waals surface area contributed by atoms with Crippen molar-refractivity contribution < 1.29 is 9.21 Å². The van der Waals surface area contributed by atoms with Crippen molar-refractivity contribution in [2.24, 2.45) is 5.10 Å². The number of halogens is 2. The molecule has 1 N–H and O–H groups in total. The van der Waals surface area contributed by atoms with Crippen LogP contribution in [0.25, 0.3) is 0 Å². The van der Waals surface area contributed by atoms with Crippen molar-refractivity contribution in [3.63, 3.8) is 0 Å². The zero-order chi connectivity index (χ0) is 14.7. The molecule has 2 rings (SSSR count). The summed E-state index contributed by atoms with van der Waals surface area (Å²) in [5.74, 6) is 0.918. The van der Waals surface area contributed by atoms with E-state index in [1.54, 1.807) is 38.1 Å². The Hall–Kier alpha value is -1.78. The zero-order valence-electron chi connectivity index (χ0n) is 10.9. The molecule has 4 nitrogen and oxygen atoms in total. The van der Waals surface area contributed by atoms with Gasteiger partial charge in [0, 0.05) is 0 Å². The molecule has 0 fully saturated rings. The van der Waals surface area contributed by atoms with Gasteiger partial charge in [-0.1, -0.05) is 29.3 Å². The van der Waals surface area contributed by atoms with Crippen LogP contribution < -0.4 is 5.43 Å². The molecular weight excluding hydrogens is 299 g/mol. The van der Waals surface area contributed by atoms with Crippen LogP contribution in [0.3, 0.4) is 0 Å². The highest BCUT2D eigenvalue weighted by atomic mass is 35.5. The van der Waals surface area contributed by atoms with E-state index in [2.05, 4.69) is 10.5 Å². The Labute approximate surface area is 126 Å². The maximum atomic E-state index is 11.9. The minimum Gasteiger partial charge on any atom is -0.466 e. The third-order valence-electron chi connectivity index (χ3n) is 2.61. The van der Waals surface area contributed by atoms with Gasteiger partial charge in [0.15, 0.2) is 0 Å². The van der Waals surface area contributed by atoms with E-state index in [-0.39, 0.29) is 5.91 Å². The first-order valence-electron chi connectivity index (χ1n) is 5.83. The fraction of sp³-hybridized carbons (Fsp3) is 0.143.